The Bertz CT molecular complexity index is 317. The molecule has 0 bridgehead atoms. The Balaban J connectivity index is 5.04. The molecule has 0 aromatic carbocycles. The van der Waals surface area contributed by atoms with Crippen LogP contribution in [0.15, 0.2) is 36.5 Å². The predicted octanol–water partition coefficient (Wildman–Crippen LogP) is 2.46. The van der Waals surface area contributed by atoms with Crippen LogP contribution in [0.25, 0.3) is 0 Å². The van der Waals surface area contributed by atoms with E-state index in [4.69, 9.17) is 0 Å². The molecule has 0 aliphatic carbocycles. The molecule has 0 aromatic rings. The van der Waals surface area contributed by atoms with E-state index in [2.05, 4.69) is 6.58 Å². The summed E-state index contributed by atoms with van der Waals surface area (Å²) in [6.07, 6.45) is 6.53. The van der Waals surface area contributed by atoms with Crippen LogP contribution in [0.1, 0.15) is 13.3 Å². The molecule has 1 atom stereocenters. The van der Waals surface area contributed by atoms with Gasteiger partial charge in [-0.1, -0.05) is 30.9 Å². The topological polar surface area (TPSA) is 77.8 Å². The lowest BCUT2D eigenvalue weighted by Gasteiger charge is -2.22. The van der Waals surface area contributed by atoms with Crippen molar-refractivity contribution in [1.82, 2.24) is 0 Å². The lowest BCUT2D eigenvalue weighted by atomic mass is 10.2. The molecule has 0 spiro atoms. The maximum Gasteiger partial charge on any atom is 0.310 e. The minimum Gasteiger partial charge on any atom is -0.343 e. The van der Waals surface area contributed by atoms with E-state index in [0.29, 0.717) is 5.57 Å². The van der Waals surface area contributed by atoms with Crippen LogP contribution >= 0.6 is 16.2 Å². The number of allylic oxidation sites excluding steroid dienone is 4. The molecule has 0 aromatic heterocycles. The molecule has 3 N–H and O–H groups in total. The largest absolute Gasteiger partial charge is 0.343 e. The van der Waals surface area contributed by atoms with Gasteiger partial charge in [0.2, 0.25) is 8.46 Å². The Morgan fingerprint density at radius 1 is 1.56 bits per heavy atom. The Morgan fingerprint density at radius 3 is 2.44 bits per heavy atom. The first kappa shape index (κ1) is 15.6. The second-order valence-electron chi connectivity index (χ2n) is 3.43. The van der Waals surface area contributed by atoms with Crippen LogP contribution in [0, 0.1) is 0 Å². The first-order valence-corrected chi connectivity index (χ1v) is 7.59. The van der Waals surface area contributed by atoms with E-state index >= 15 is 0 Å². The Morgan fingerprint density at radius 2 is 2.12 bits per heavy atom. The summed E-state index contributed by atoms with van der Waals surface area (Å²) in [4.78, 5) is 18.9. The van der Waals surface area contributed by atoms with Crippen molar-refractivity contribution in [3.05, 3.63) is 36.5 Å². The summed E-state index contributed by atoms with van der Waals surface area (Å²) in [5, 5.41) is 7.84. The molecule has 0 aliphatic heterocycles. The smallest absolute Gasteiger partial charge is 0.310 e. The quantitative estimate of drug-likeness (QED) is 0.508. The van der Waals surface area contributed by atoms with Crippen molar-refractivity contribution in [1.29, 1.82) is 0 Å². The number of hydrogen-bond acceptors (Lipinski definition) is 4. The zero-order valence-electron chi connectivity index (χ0n) is 9.37. The van der Waals surface area contributed by atoms with Gasteiger partial charge in [0.15, 0.2) is 0 Å². The average molecular weight is 263 g/mol. The molecule has 90 valence electrons. The van der Waals surface area contributed by atoms with E-state index in [1.807, 2.05) is 6.92 Å². The third-order valence-corrected chi connectivity index (χ3v) is 5.38. The van der Waals surface area contributed by atoms with Gasteiger partial charge in [0, 0.05) is 0 Å². The highest BCUT2D eigenvalue weighted by Crippen LogP contribution is 2.64. The summed E-state index contributed by atoms with van der Waals surface area (Å²) < 4.78 is 10.9. The second-order valence-corrected chi connectivity index (χ2v) is 7.27. The fourth-order valence-electron chi connectivity index (χ4n) is 0.952. The molecular weight excluding hydrogens is 246 g/mol. The third kappa shape index (κ3) is 4.25. The van der Waals surface area contributed by atoms with Gasteiger partial charge in [-0.05, 0) is 12.5 Å². The normalized spacial score (nSPS) is 17.7. The van der Waals surface area contributed by atoms with Crippen molar-refractivity contribution >= 4 is 16.2 Å². The zero-order valence-corrected chi connectivity index (χ0v) is 11.2. The maximum atomic E-state index is 10.9. The van der Waals surface area contributed by atoms with Gasteiger partial charge < -0.3 is 5.11 Å². The summed E-state index contributed by atoms with van der Waals surface area (Å²) >= 11 is 0. The van der Waals surface area contributed by atoms with Crippen molar-refractivity contribution in [2.75, 3.05) is 6.66 Å². The molecular formula is C10H17O4P2+. The van der Waals surface area contributed by atoms with Gasteiger partial charge in [-0.3, -0.25) is 4.57 Å². The van der Waals surface area contributed by atoms with Gasteiger partial charge in [0.1, 0.15) is 6.66 Å². The Hall–Kier alpha value is -0.370. The molecule has 0 saturated heterocycles. The standard InChI is InChI=1S/C10H17O4P2/c1-4-6-7-9(5-2)8-10(11,15-12)16(3,13)14/h4-7,11,13-14H,2,8H2,1,3H3/q+1. The molecule has 0 fully saturated rings. The number of hydrogen-bond donors (Lipinski definition) is 3. The van der Waals surface area contributed by atoms with Crippen LogP contribution in [0.4, 0.5) is 0 Å². The zero-order chi connectivity index (χ0) is 12.8. The molecule has 0 rings (SSSR count). The predicted molar refractivity (Wildman–Crippen MR) is 67.5 cm³/mol. The first-order chi connectivity index (χ1) is 7.30. The molecule has 0 aliphatic rings. The van der Waals surface area contributed by atoms with Gasteiger partial charge in [0.25, 0.3) is 0 Å². The van der Waals surface area contributed by atoms with Crippen LogP contribution in [0.3, 0.4) is 0 Å². The SMILES string of the molecule is C=CC(=CC=CC)CC(O)(P=O)[P+](C)(O)O. The highest BCUT2D eigenvalue weighted by molar-refractivity contribution is 7.72. The minimum atomic E-state index is -3.62. The summed E-state index contributed by atoms with van der Waals surface area (Å²) in [6.45, 7) is 6.46. The van der Waals surface area contributed by atoms with E-state index in [-0.39, 0.29) is 6.42 Å². The van der Waals surface area contributed by atoms with E-state index in [1.165, 1.54) is 6.08 Å². The second kappa shape index (κ2) is 6.39. The number of aliphatic hydroxyl groups is 1. The van der Waals surface area contributed by atoms with E-state index in [9.17, 15) is 19.5 Å². The van der Waals surface area contributed by atoms with Crippen molar-refractivity contribution in [2.45, 2.75) is 18.4 Å². The molecule has 0 heterocycles. The average Bonchev–Trinajstić information content (AvgIpc) is 2.22. The van der Waals surface area contributed by atoms with E-state index < -0.39 is 21.3 Å². The highest BCUT2D eigenvalue weighted by Gasteiger charge is 2.55. The minimum absolute atomic E-state index is 0.122. The van der Waals surface area contributed by atoms with Gasteiger partial charge in [-0.25, -0.2) is 9.79 Å². The third-order valence-electron chi connectivity index (χ3n) is 2.03. The fraction of sp³-hybridized carbons (Fsp3) is 0.400. The molecule has 0 amide bonds. The van der Waals surface area contributed by atoms with Crippen LogP contribution in [-0.2, 0) is 4.57 Å². The van der Waals surface area contributed by atoms with E-state index in [0.717, 1.165) is 6.66 Å². The molecule has 0 saturated carbocycles. The lowest BCUT2D eigenvalue weighted by molar-refractivity contribution is 0.182. The molecule has 16 heavy (non-hydrogen) atoms. The molecule has 1 unspecified atom stereocenters. The molecule has 4 nitrogen and oxygen atoms in total. The van der Waals surface area contributed by atoms with Crippen molar-refractivity contribution < 1.29 is 19.5 Å². The monoisotopic (exact) mass is 263 g/mol. The van der Waals surface area contributed by atoms with E-state index in [1.54, 1.807) is 18.2 Å². The van der Waals surface area contributed by atoms with Gasteiger partial charge in [0.05, 0.1) is 6.42 Å². The van der Waals surface area contributed by atoms with Crippen molar-refractivity contribution in [3.8, 4) is 0 Å². The summed E-state index contributed by atoms with van der Waals surface area (Å²) in [5.74, 6) is 0. The van der Waals surface area contributed by atoms with Crippen LogP contribution in [-0.4, -0.2) is 26.6 Å². The summed E-state index contributed by atoms with van der Waals surface area (Å²) in [7, 11) is -4.32. The Labute approximate surface area is 97.7 Å². The van der Waals surface area contributed by atoms with Gasteiger partial charge in [-0.2, -0.15) is 0 Å². The summed E-state index contributed by atoms with van der Waals surface area (Å²) in [5.41, 5.74) is 0.582. The van der Waals surface area contributed by atoms with Gasteiger partial charge >= 0.3 is 12.8 Å². The number of rotatable bonds is 6. The van der Waals surface area contributed by atoms with Crippen molar-refractivity contribution in [3.63, 3.8) is 0 Å². The van der Waals surface area contributed by atoms with Crippen LogP contribution in [0.5, 0.6) is 0 Å². The lowest BCUT2D eigenvalue weighted by Crippen LogP contribution is -2.25. The molecule has 0 radical (unpaired) electrons. The first-order valence-electron chi connectivity index (χ1n) is 4.64. The van der Waals surface area contributed by atoms with Crippen LogP contribution in [0.2, 0.25) is 0 Å². The maximum absolute atomic E-state index is 10.9. The van der Waals surface area contributed by atoms with Crippen molar-refractivity contribution in [2.24, 2.45) is 0 Å². The summed E-state index contributed by atoms with van der Waals surface area (Å²) in [6, 6.07) is 0. The Kier molecular flexibility index (Phi) is 6.24. The molecule has 6 heteroatoms. The highest BCUT2D eigenvalue weighted by atomic mass is 31.2. The fourth-order valence-corrected chi connectivity index (χ4v) is 2.30. The van der Waals surface area contributed by atoms with Gasteiger partial charge in [-0.15, -0.1) is 0 Å². The van der Waals surface area contributed by atoms with Crippen LogP contribution < -0.4 is 0 Å².